The minimum Gasteiger partial charge on any atom is -0.481 e. The lowest BCUT2D eigenvalue weighted by molar-refractivity contribution is 0.398. The topological polar surface area (TPSA) is 70.1 Å². The van der Waals surface area contributed by atoms with Gasteiger partial charge < -0.3 is 10.5 Å². The van der Waals surface area contributed by atoms with Crippen molar-refractivity contribution in [1.82, 2.24) is 9.55 Å². The molecular formula is C22H18ClN3O2S. The lowest BCUT2D eigenvalue weighted by atomic mass is 10.1. The second-order valence-electron chi connectivity index (χ2n) is 7.13. The summed E-state index contributed by atoms with van der Waals surface area (Å²) in [4.78, 5) is 19.2. The van der Waals surface area contributed by atoms with Gasteiger partial charge in [-0.05, 0) is 55.2 Å². The number of nitrogens with zero attached hydrogens (tertiary/aromatic N) is 2. The quantitative estimate of drug-likeness (QED) is 0.487. The summed E-state index contributed by atoms with van der Waals surface area (Å²) >= 11 is 7.74. The van der Waals surface area contributed by atoms with Crippen molar-refractivity contribution in [1.29, 1.82) is 0 Å². The zero-order valence-electron chi connectivity index (χ0n) is 15.7. The summed E-state index contributed by atoms with van der Waals surface area (Å²) in [5, 5.41) is 0.622. The Kier molecular flexibility index (Phi) is 4.33. The van der Waals surface area contributed by atoms with Gasteiger partial charge in [-0.3, -0.25) is 9.36 Å². The number of aromatic nitrogens is 2. The maximum absolute atomic E-state index is 13.6. The molecule has 1 aromatic carbocycles. The molecule has 3 aromatic heterocycles. The zero-order valence-corrected chi connectivity index (χ0v) is 17.3. The highest BCUT2D eigenvalue weighted by Gasteiger charge is 2.28. The number of methoxy groups -OCH3 is 1. The van der Waals surface area contributed by atoms with Crippen molar-refractivity contribution in [3.63, 3.8) is 0 Å². The number of ether oxygens (including phenoxy) is 1. The van der Waals surface area contributed by atoms with E-state index in [1.54, 1.807) is 47.4 Å². The van der Waals surface area contributed by atoms with Crippen LogP contribution >= 0.6 is 22.9 Å². The molecule has 1 fully saturated rings. The summed E-state index contributed by atoms with van der Waals surface area (Å²) in [6.07, 6.45) is 4.00. The van der Waals surface area contributed by atoms with Crippen molar-refractivity contribution in [3.8, 4) is 22.7 Å². The minimum atomic E-state index is -0.176. The number of nitrogen functional groups attached to an aromatic ring is 1. The lowest BCUT2D eigenvalue weighted by Gasteiger charge is -2.14. The van der Waals surface area contributed by atoms with Gasteiger partial charge in [0.15, 0.2) is 0 Å². The van der Waals surface area contributed by atoms with Crippen LogP contribution in [-0.4, -0.2) is 16.7 Å². The maximum Gasteiger partial charge on any atom is 0.265 e. The third-order valence-corrected chi connectivity index (χ3v) is 6.77. The fourth-order valence-corrected chi connectivity index (χ4v) is 4.95. The van der Waals surface area contributed by atoms with Crippen molar-refractivity contribution in [2.24, 2.45) is 0 Å². The molecule has 0 radical (unpaired) electrons. The van der Waals surface area contributed by atoms with Crippen molar-refractivity contribution in [2.75, 3.05) is 12.8 Å². The number of hydrogen-bond donors (Lipinski definition) is 1. The van der Waals surface area contributed by atoms with Crippen molar-refractivity contribution in [2.45, 2.75) is 18.8 Å². The van der Waals surface area contributed by atoms with Crippen LogP contribution in [0, 0.1) is 0 Å². The third-order valence-electron chi connectivity index (χ3n) is 5.20. The van der Waals surface area contributed by atoms with Crippen LogP contribution in [0.15, 0.2) is 53.5 Å². The summed E-state index contributed by atoms with van der Waals surface area (Å²) in [5.41, 5.74) is 9.58. The van der Waals surface area contributed by atoms with Crippen LogP contribution in [0.3, 0.4) is 0 Å². The zero-order chi connectivity index (χ0) is 20.1. The van der Waals surface area contributed by atoms with Crippen LogP contribution in [0.4, 0.5) is 5.69 Å². The molecule has 0 unspecified atom stereocenters. The number of hydrogen-bond acceptors (Lipinski definition) is 5. The van der Waals surface area contributed by atoms with E-state index in [4.69, 9.17) is 22.1 Å². The first-order chi connectivity index (χ1) is 14.1. The number of thiophene rings is 1. The molecule has 0 aliphatic heterocycles. The Morgan fingerprint density at radius 1 is 1.21 bits per heavy atom. The van der Waals surface area contributed by atoms with Gasteiger partial charge in [-0.25, -0.2) is 4.98 Å². The molecule has 29 heavy (non-hydrogen) atoms. The van der Waals surface area contributed by atoms with Gasteiger partial charge in [-0.1, -0.05) is 11.6 Å². The van der Waals surface area contributed by atoms with Gasteiger partial charge in [-0.2, -0.15) is 0 Å². The van der Waals surface area contributed by atoms with Crippen LogP contribution in [0.25, 0.3) is 27.0 Å². The number of fused-ring (bicyclic) bond motifs is 1. The van der Waals surface area contributed by atoms with E-state index < -0.39 is 0 Å². The average Bonchev–Trinajstić information content (AvgIpc) is 3.49. The molecule has 2 N–H and O–H groups in total. The summed E-state index contributed by atoms with van der Waals surface area (Å²) < 4.78 is 7.79. The maximum atomic E-state index is 13.6. The molecule has 0 atom stereocenters. The molecule has 3 heterocycles. The van der Waals surface area contributed by atoms with Gasteiger partial charge in [-0.15, -0.1) is 11.3 Å². The van der Waals surface area contributed by atoms with E-state index in [1.165, 1.54) is 17.7 Å². The van der Waals surface area contributed by atoms with E-state index >= 15 is 0 Å². The van der Waals surface area contributed by atoms with E-state index in [0.29, 0.717) is 33.6 Å². The molecule has 7 heteroatoms. The fraction of sp³-hybridized carbons (Fsp3) is 0.182. The van der Waals surface area contributed by atoms with Gasteiger partial charge in [0.1, 0.15) is 0 Å². The minimum absolute atomic E-state index is 0.176. The van der Waals surface area contributed by atoms with Gasteiger partial charge in [0.2, 0.25) is 5.88 Å². The predicted octanol–water partition coefficient (Wildman–Crippen LogP) is 5.24. The van der Waals surface area contributed by atoms with Crippen LogP contribution < -0.4 is 16.0 Å². The Hall–Kier alpha value is -2.83. The van der Waals surface area contributed by atoms with Crippen molar-refractivity contribution < 1.29 is 4.74 Å². The Labute approximate surface area is 176 Å². The molecule has 5 rings (SSSR count). The van der Waals surface area contributed by atoms with E-state index in [0.717, 1.165) is 15.9 Å². The van der Waals surface area contributed by atoms with Crippen molar-refractivity contribution in [3.05, 3.63) is 68.9 Å². The molecule has 1 aliphatic rings. The molecule has 0 saturated heterocycles. The Morgan fingerprint density at radius 2 is 1.97 bits per heavy atom. The van der Waals surface area contributed by atoms with Crippen LogP contribution in [-0.2, 0) is 0 Å². The molecule has 0 spiro atoms. The van der Waals surface area contributed by atoms with Gasteiger partial charge >= 0.3 is 0 Å². The first-order valence-electron chi connectivity index (χ1n) is 9.31. The molecule has 4 aromatic rings. The fourth-order valence-electron chi connectivity index (χ4n) is 3.55. The van der Waals surface area contributed by atoms with E-state index in [-0.39, 0.29) is 5.56 Å². The molecule has 5 nitrogen and oxygen atoms in total. The number of anilines is 1. The molecule has 0 amide bonds. The molecule has 146 valence electrons. The number of halogens is 1. The van der Waals surface area contributed by atoms with Gasteiger partial charge in [0.25, 0.3) is 5.56 Å². The summed E-state index contributed by atoms with van der Waals surface area (Å²) in [6, 6.07) is 12.9. The second-order valence-corrected chi connectivity index (χ2v) is 8.65. The smallest absolute Gasteiger partial charge is 0.265 e. The molecule has 0 bridgehead atoms. The first kappa shape index (κ1) is 18.2. The highest BCUT2D eigenvalue weighted by Crippen LogP contribution is 2.47. The van der Waals surface area contributed by atoms with E-state index in [9.17, 15) is 4.79 Å². The Bertz CT molecular complexity index is 1270. The summed E-state index contributed by atoms with van der Waals surface area (Å²) in [6.45, 7) is 0. The number of benzene rings is 1. The largest absolute Gasteiger partial charge is 0.481 e. The number of nitrogens with two attached hydrogens (primary N) is 1. The number of pyridine rings is 2. The highest BCUT2D eigenvalue weighted by atomic mass is 35.5. The molecular weight excluding hydrogens is 406 g/mol. The van der Waals surface area contributed by atoms with Crippen LogP contribution in [0.1, 0.15) is 23.6 Å². The molecule has 1 aliphatic carbocycles. The average molecular weight is 424 g/mol. The Balaban J connectivity index is 1.83. The van der Waals surface area contributed by atoms with Gasteiger partial charge in [0.05, 0.1) is 28.6 Å². The highest BCUT2D eigenvalue weighted by molar-refractivity contribution is 7.19. The predicted molar refractivity (Wildman–Crippen MR) is 119 cm³/mol. The summed E-state index contributed by atoms with van der Waals surface area (Å²) in [7, 11) is 1.56. The SMILES string of the molecule is COc1ccc(-c2c(N)c3sc(C4CC4)cc3n(-c3ccc(Cl)cc3)c2=O)cn1. The lowest BCUT2D eigenvalue weighted by Crippen LogP contribution is -2.22. The van der Waals surface area contributed by atoms with E-state index in [1.807, 2.05) is 18.2 Å². The van der Waals surface area contributed by atoms with Crippen LogP contribution in [0.2, 0.25) is 5.02 Å². The normalized spacial score (nSPS) is 13.7. The Morgan fingerprint density at radius 3 is 2.59 bits per heavy atom. The van der Waals surface area contributed by atoms with Crippen molar-refractivity contribution >= 4 is 38.8 Å². The first-order valence-corrected chi connectivity index (χ1v) is 10.5. The monoisotopic (exact) mass is 423 g/mol. The summed E-state index contributed by atoms with van der Waals surface area (Å²) in [5.74, 6) is 1.06. The number of rotatable bonds is 4. The molecule has 1 saturated carbocycles. The van der Waals surface area contributed by atoms with E-state index in [2.05, 4.69) is 11.1 Å². The van der Waals surface area contributed by atoms with Crippen LogP contribution in [0.5, 0.6) is 5.88 Å². The van der Waals surface area contributed by atoms with Gasteiger partial charge in [0, 0.05) is 33.4 Å². The third kappa shape index (κ3) is 3.09. The standard InChI is InChI=1S/C22H18ClN3O2S/c1-28-18-9-4-13(11-25-18)19-20(24)21-16(10-17(29-21)12-2-3-12)26(22(19)27)15-7-5-14(23)6-8-15/h4-12H,2-3,24H2,1H3. The second kappa shape index (κ2) is 6.90.